The van der Waals surface area contributed by atoms with Crippen molar-refractivity contribution in [1.29, 1.82) is 0 Å². The summed E-state index contributed by atoms with van der Waals surface area (Å²) in [6.07, 6.45) is 4.60. The quantitative estimate of drug-likeness (QED) is 0.887. The number of aromatic amines is 1. The largest absolute Gasteiger partial charge is 0.367 e. The molecule has 4 heteroatoms. The molecule has 1 amide bonds. The Morgan fingerprint density at radius 1 is 1.39 bits per heavy atom. The molecule has 92 valence electrons. The van der Waals surface area contributed by atoms with E-state index in [1.165, 1.54) is 10.5 Å². The second kappa shape index (κ2) is 4.90. The Bertz CT molecular complexity index is 526. The maximum atomic E-state index is 12.1. The van der Waals surface area contributed by atoms with Crippen molar-refractivity contribution >= 4 is 17.7 Å². The standard InChI is InChI=1S/C14H14N2OS/c17-14(16-9-10-5-6-15-8-10)13-7-11-3-1-2-4-12(11)18-13/h1-6,8,13,15H,7,9H2,(H,16,17). The highest BCUT2D eigenvalue weighted by Gasteiger charge is 2.27. The van der Waals surface area contributed by atoms with Gasteiger partial charge in [0.2, 0.25) is 5.91 Å². The van der Waals surface area contributed by atoms with Gasteiger partial charge in [0.1, 0.15) is 0 Å². The molecule has 1 atom stereocenters. The summed E-state index contributed by atoms with van der Waals surface area (Å²) in [7, 11) is 0. The number of carbonyl (C=O) groups excluding carboxylic acids is 1. The van der Waals surface area contributed by atoms with Crippen LogP contribution in [-0.4, -0.2) is 16.1 Å². The van der Waals surface area contributed by atoms with Crippen LogP contribution in [0.15, 0.2) is 47.6 Å². The fourth-order valence-corrected chi connectivity index (χ4v) is 3.32. The smallest absolute Gasteiger partial charge is 0.234 e. The number of amides is 1. The average Bonchev–Trinajstić information content (AvgIpc) is 3.04. The van der Waals surface area contributed by atoms with Gasteiger partial charge in [0.25, 0.3) is 0 Å². The first-order valence-electron chi connectivity index (χ1n) is 5.97. The van der Waals surface area contributed by atoms with Gasteiger partial charge < -0.3 is 10.3 Å². The summed E-state index contributed by atoms with van der Waals surface area (Å²) >= 11 is 1.66. The van der Waals surface area contributed by atoms with Crippen LogP contribution in [0.1, 0.15) is 11.1 Å². The van der Waals surface area contributed by atoms with Crippen molar-refractivity contribution in [3.05, 3.63) is 53.9 Å². The van der Waals surface area contributed by atoms with Crippen LogP contribution >= 0.6 is 11.8 Å². The molecular weight excluding hydrogens is 244 g/mol. The molecular formula is C14H14N2OS. The van der Waals surface area contributed by atoms with Crippen LogP contribution in [0.25, 0.3) is 0 Å². The summed E-state index contributed by atoms with van der Waals surface area (Å²) in [5, 5.41) is 3.00. The molecule has 0 saturated carbocycles. The molecule has 18 heavy (non-hydrogen) atoms. The number of nitrogens with one attached hydrogen (secondary N) is 2. The Hall–Kier alpha value is -1.68. The highest BCUT2D eigenvalue weighted by Crippen LogP contribution is 2.36. The van der Waals surface area contributed by atoms with Crippen LogP contribution in [0, 0.1) is 0 Å². The summed E-state index contributed by atoms with van der Waals surface area (Å²) in [5.41, 5.74) is 2.38. The minimum absolute atomic E-state index is 0.0151. The number of rotatable bonds is 3. The topological polar surface area (TPSA) is 44.9 Å². The summed E-state index contributed by atoms with van der Waals surface area (Å²) in [5.74, 6) is 0.123. The van der Waals surface area contributed by atoms with E-state index in [1.807, 2.05) is 30.6 Å². The van der Waals surface area contributed by atoms with Gasteiger partial charge in [0, 0.05) is 23.8 Å². The predicted octanol–water partition coefficient (Wildman–Crippen LogP) is 2.35. The highest BCUT2D eigenvalue weighted by molar-refractivity contribution is 8.01. The molecule has 0 fully saturated rings. The molecule has 1 aliphatic rings. The van der Waals surface area contributed by atoms with Crippen molar-refractivity contribution in [1.82, 2.24) is 10.3 Å². The number of H-pyrrole nitrogens is 1. The van der Waals surface area contributed by atoms with E-state index in [9.17, 15) is 4.79 Å². The lowest BCUT2D eigenvalue weighted by molar-refractivity contribution is -0.120. The minimum Gasteiger partial charge on any atom is -0.367 e. The van der Waals surface area contributed by atoms with Crippen molar-refractivity contribution in [3.63, 3.8) is 0 Å². The van der Waals surface area contributed by atoms with E-state index in [-0.39, 0.29) is 11.2 Å². The van der Waals surface area contributed by atoms with Gasteiger partial charge in [-0.15, -0.1) is 11.8 Å². The molecule has 2 N–H and O–H groups in total. The summed E-state index contributed by atoms with van der Waals surface area (Å²) < 4.78 is 0. The average molecular weight is 258 g/mol. The van der Waals surface area contributed by atoms with Gasteiger partial charge in [-0.1, -0.05) is 18.2 Å². The van der Waals surface area contributed by atoms with Gasteiger partial charge >= 0.3 is 0 Å². The first kappa shape index (κ1) is 11.4. The lowest BCUT2D eigenvalue weighted by atomic mass is 10.1. The molecule has 0 aliphatic carbocycles. The van der Waals surface area contributed by atoms with Gasteiger partial charge in [0.05, 0.1) is 5.25 Å². The van der Waals surface area contributed by atoms with Crippen LogP contribution in [-0.2, 0) is 17.8 Å². The summed E-state index contributed by atoms with van der Waals surface area (Å²) in [6, 6.07) is 10.2. The normalized spacial score (nSPS) is 17.4. The molecule has 1 aliphatic heterocycles. The molecule has 0 radical (unpaired) electrons. The van der Waals surface area contributed by atoms with E-state index in [0.29, 0.717) is 6.54 Å². The molecule has 0 spiro atoms. The number of fused-ring (bicyclic) bond motifs is 1. The molecule has 3 nitrogen and oxygen atoms in total. The molecule has 1 aromatic carbocycles. The third-order valence-corrected chi connectivity index (χ3v) is 4.39. The maximum Gasteiger partial charge on any atom is 0.234 e. The Kier molecular flexibility index (Phi) is 3.11. The second-order valence-corrected chi connectivity index (χ2v) is 5.60. The lowest BCUT2D eigenvalue weighted by Crippen LogP contribution is -2.31. The zero-order valence-electron chi connectivity index (χ0n) is 9.85. The fraction of sp³-hybridized carbons (Fsp3) is 0.214. The van der Waals surface area contributed by atoms with Gasteiger partial charge in [-0.3, -0.25) is 4.79 Å². The zero-order chi connectivity index (χ0) is 12.4. The van der Waals surface area contributed by atoms with Gasteiger partial charge in [0.15, 0.2) is 0 Å². The van der Waals surface area contributed by atoms with E-state index in [1.54, 1.807) is 11.8 Å². The Balaban J connectivity index is 1.59. The Labute approximate surface area is 110 Å². The van der Waals surface area contributed by atoms with Crippen molar-refractivity contribution in [2.45, 2.75) is 23.1 Å². The van der Waals surface area contributed by atoms with E-state index in [0.717, 1.165) is 12.0 Å². The minimum atomic E-state index is 0.0151. The number of aromatic nitrogens is 1. The predicted molar refractivity (Wildman–Crippen MR) is 72.4 cm³/mol. The molecule has 0 bridgehead atoms. The maximum absolute atomic E-state index is 12.1. The van der Waals surface area contributed by atoms with Crippen molar-refractivity contribution < 1.29 is 4.79 Å². The van der Waals surface area contributed by atoms with Crippen LogP contribution in [0.4, 0.5) is 0 Å². The van der Waals surface area contributed by atoms with Crippen LogP contribution in [0.2, 0.25) is 0 Å². The molecule has 2 aromatic rings. The third kappa shape index (κ3) is 2.29. The summed E-state index contributed by atoms with van der Waals surface area (Å²) in [6.45, 7) is 0.593. The first-order valence-corrected chi connectivity index (χ1v) is 6.85. The van der Waals surface area contributed by atoms with E-state index >= 15 is 0 Å². The van der Waals surface area contributed by atoms with E-state index in [2.05, 4.69) is 22.4 Å². The van der Waals surface area contributed by atoms with Crippen molar-refractivity contribution in [3.8, 4) is 0 Å². The second-order valence-electron chi connectivity index (χ2n) is 4.36. The van der Waals surface area contributed by atoms with E-state index in [4.69, 9.17) is 0 Å². The Morgan fingerprint density at radius 2 is 2.28 bits per heavy atom. The number of thioether (sulfide) groups is 1. The van der Waals surface area contributed by atoms with Crippen LogP contribution < -0.4 is 5.32 Å². The lowest BCUT2D eigenvalue weighted by Gasteiger charge is -2.08. The Morgan fingerprint density at radius 3 is 3.06 bits per heavy atom. The SMILES string of the molecule is O=C(NCc1cc[nH]c1)C1Cc2ccccc2S1. The van der Waals surface area contributed by atoms with E-state index < -0.39 is 0 Å². The van der Waals surface area contributed by atoms with Crippen LogP contribution in [0.5, 0.6) is 0 Å². The monoisotopic (exact) mass is 258 g/mol. The van der Waals surface area contributed by atoms with Crippen molar-refractivity contribution in [2.24, 2.45) is 0 Å². The molecule has 1 unspecified atom stereocenters. The van der Waals surface area contributed by atoms with Gasteiger partial charge in [-0.2, -0.15) is 0 Å². The molecule has 0 saturated heterocycles. The molecule has 1 aromatic heterocycles. The van der Waals surface area contributed by atoms with Gasteiger partial charge in [-0.05, 0) is 29.7 Å². The van der Waals surface area contributed by atoms with Crippen molar-refractivity contribution in [2.75, 3.05) is 0 Å². The van der Waals surface area contributed by atoms with Crippen LogP contribution in [0.3, 0.4) is 0 Å². The number of carbonyl (C=O) groups is 1. The zero-order valence-corrected chi connectivity index (χ0v) is 10.7. The highest BCUT2D eigenvalue weighted by atomic mass is 32.2. The third-order valence-electron chi connectivity index (χ3n) is 3.07. The number of benzene rings is 1. The fourth-order valence-electron chi connectivity index (χ4n) is 2.10. The number of hydrogen-bond acceptors (Lipinski definition) is 2. The molecule has 3 rings (SSSR count). The number of hydrogen-bond donors (Lipinski definition) is 2. The summed E-state index contributed by atoms with van der Waals surface area (Å²) in [4.78, 5) is 16.3. The molecule has 2 heterocycles. The van der Waals surface area contributed by atoms with Gasteiger partial charge in [-0.25, -0.2) is 0 Å². The first-order chi connectivity index (χ1) is 8.83.